The molecule has 0 saturated carbocycles. The number of carbonyl (C=O) groups is 1. The summed E-state index contributed by atoms with van der Waals surface area (Å²) in [6.07, 6.45) is 3.57. The van der Waals surface area contributed by atoms with Gasteiger partial charge in [-0.1, -0.05) is 18.2 Å². The predicted molar refractivity (Wildman–Crippen MR) is 116 cm³/mol. The molecule has 4 aromatic rings. The zero-order chi connectivity index (χ0) is 20.9. The number of carbonyl (C=O) groups excluding carboxylic acids is 1. The first-order valence-electron chi connectivity index (χ1n) is 9.28. The van der Waals surface area contributed by atoms with Gasteiger partial charge in [-0.15, -0.1) is 11.8 Å². The predicted octanol–water partition coefficient (Wildman–Crippen LogP) is 4.92. The summed E-state index contributed by atoms with van der Waals surface area (Å²) < 4.78 is 16.8. The highest BCUT2D eigenvalue weighted by Gasteiger charge is 2.15. The lowest BCUT2D eigenvalue weighted by molar-refractivity contribution is 0.0944. The second-order valence-corrected chi connectivity index (χ2v) is 7.30. The largest absolute Gasteiger partial charge is 0.493 e. The van der Waals surface area contributed by atoms with E-state index in [1.165, 1.54) is 0 Å². The molecule has 1 amide bonds. The molecular weight excluding hydrogens is 400 g/mol. The first kappa shape index (κ1) is 19.8. The number of rotatable bonds is 6. The van der Waals surface area contributed by atoms with Crippen LogP contribution in [0.1, 0.15) is 16.1 Å². The topological polar surface area (TPSA) is 77.0 Å². The molecule has 0 bridgehead atoms. The van der Waals surface area contributed by atoms with E-state index in [4.69, 9.17) is 13.6 Å². The molecule has 0 radical (unpaired) electrons. The number of methoxy groups -OCH3 is 1. The van der Waals surface area contributed by atoms with Crippen molar-refractivity contribution in [3.63, 3.8) is 0 Å². The maximum Gasteiger partial charge on any atom is 0.257 e. The second kappa shape index (κ2) is 8.92. The number of nitrogens with one attached hydrogen (secondary N) is 1. The van der Waals surface area contributed by atoms with Gasteiger partial charge in [-0.2, -0.15) is 0 Å². The molecule has 0 atom stereocenters. The van der Waals surface area contributed by atoms with Crippen molar-refractivity contribution in [2.75, 3.05) is 13.4 Å². The van der Waals surface area contributed by atoms with E-state index >= 15 is 0 Å². The minimum Gasteiger partial charge on any atom is -0.493 e. The van der Waals surface area contributed by atoms with E-state index in [0.29, 0.717) is 28.3 Å². The molecule has 7 heteroatoms. The molecule has 0 aliphatic carbocycles. The summed E-state index contributed by atoms with van der Waals surface area (Å²) >= 11 is 1.62. The molecular formula is C23H20N2O4S. The Morgan fingerprint density at radius 3 is 2.77 bits per heavy atom. The average molecular weight is 420 g/mol. The molecule has 152 valence electrons. The monoisotopic (exact) mass is 420 g/mol. The highest BCUT2D eigenvalue weighted by Crippen LogP contribution is 2.25. The van der Waals surface area contributed by atoms with Crippen LogP contribution >= 0.6 is 11.8 Å². The van der Waals surface area contributed by atoms with Gasteiger partial charge in [0.15, 0.2) is 11.3 Å². The Kier molecular flexibility index (Phi) is 5.90. The van der Waals surface area contributed by atoms with Gasteiger partial charge >= 0.3 is 0 Å². The molecule has 2 aromatic carbocycles. The van der Waals surface area contributed by atoms with Crippen LogP contribution in [0.25, 0.3) is 11.0 Å². The third-order valence-electron chi connectivity index (χ3n) is 4.49. The molecule has 4 rings (SSSR count). The Hall–Kier alpha value is -3.45. The van der Waals surface area contributed by atoms with Crippen LogP contribution in [0.15, 0.2) is 85.6 Å². The average Bonchev–Trinajstić information content (AvgIpc) is 3.30. The molecule has 0 saturated heterocycles. The smallest absolute Gasteiger partial charge is 0.257 e. The van der Waals surface area contributed by atoms with Gasteiger partial charge in [-0.3, -0.25) is 4.79 Å². The van der Waals surface area contributed by atoms with E-state index in [1.54, 1.807) is 49.4 Å². The van der Waals surface area contributed by atoms with Gasteiger partial charge in [0, 0.05) is 10.3 Å². The third kappa shape index (κ3) is 4.26. The molecule has 0 unspecified atom stereocenters. The van der Waals surface area contributed by atoms with Crippen molar-refractivity contribution in [1.29, 1.82) is 0 Å². The number of hydrogen-bond donors (Lipinski definition) is 1. The summed E-state index contributed by atoms with van der Waals surface area (Å²) in [6.45, 7) is 0.267. The van der Waals surface area contributed by atoms with Gasteiger partial charge in [0.2, 0.25) is 5.55 Å². The van der Waals surface area contributed by atoms with Gasteiger partial charge in [0.05, 0.1) is 25.6 Å². The lowest BCUT2D eigenvalue weighted by atomic mass is 10.1. The number of para-hydroxylation sites is 1. The molecule has 6 nitrogen and oxygen atoms in total. The van der Waals surface area contributed by atoms with Gasteiger partial charge in [-0.05, 0) is 48.7 Å². The van der Waals surface area contributed by atoms with Crippen LogP contribution in [0.3, 0.4) is 0 Å². The number of ether oxygens (including phenoxy) is 1. The van der Waals surface area contributed by atoms with E-state index in [-0.39, 0.29) is 18.0 Å². The molecule has 2 heterocycles. The van der Waals surface area contributed by atoms with Crippen molar-refractivity contribution in [2.45, 2.75) is 11.4 Å². The number of fused-ring (bicyclic) bond motifs is 1. The van der Waals surface area contributed by atoms with E-state index in [0.717, 1.165) is 10.3 Å². The van der Waals surface area contributed by atoms with Crippen LogP contribution in [0.2, 0.25) is 0 Å². The Morgan fingerprint density at radius 2 is 2.00 bits per heavy atom. The van der Waals surface area contributed by atoms with Crippen LogP contribution < -0.4 is 15.6 Å². The van der Waals surface area contributed by atoms with E-state index in [9.17, 15) is 4.79 Å². The van der Waals surface area contributed by atoms with E-state index < -0.39 is 0 Å². The van der Waals surface area contributed by atoms with Gasteiger partial charge in [0.25, 0.3) is 5.91 Å². The van der Waals surface area contributed by atoms with Crippen molar-refractivity contribution in [1.82, 2.24) is 5.32 Å². The van der Waals surface area contributed by atoms with Crippen molar-refractivity contribution >= 4 is 34.3 Å². The van der Waals surface area contributed by atoms with Crippen LogP contribution in [0, 0.1) is 0 Å². The quantitative estimate of drug-likeness (QED) is 0.448. The standard InChI is InChI=1S/C23H20N2O4S/c1-27-20-10-3-6-15-12-19(22(26)24-14-17-8-5-11-28-17)23(29-21(15)20)25-16-7-4-9-18(13-16)30-2/h3-13H,14H2,1-2H3,(H,24,26). The lowest BCUT2D eigenvalue weighted by Gasteiger charge is -2.08. The Morgan fingerprint density at radius 1 is 1.13 bits per heavy atom. The Labute approximate surface area is 177 Å². The molecule has 30 heavy (non-hydrogen) atoms. The number of amides is 1. The van der Waals surface area contributed by atoms with E-state index in [2.05, 4.69) is 10.3 Å². The summed E-state index contributed by atoms with van der Waals surface area (Å²) in [5.41, 5.74) is 1.77. The van der Waals surface area contributed by atoms with Crippen molar-refractivity contribution in [3.05, 3.63) is 83.8 Å². The zero-order valence-corrected chi connectivity index (χ0v) is 17.4. The molecule has 1 N–H and O–H groups in total. The number of nitrogens with zero attached hydrogens (tertiary/aromatic N) is 1. The third-order valence-corrected chi connectivity index (χ3v) is 5.22. The summed E-state index contributed by atoms with van der Waals surface area (Å²) in [5.74, 6) is 0.929. The van der Waals surface area contributed by atoms with Gasteiger partial charge < -0.3 is 18.9 Å². The first-order valence-corrected chi connectivity index (χ1v) is 10.5. The number of hydrogen-bond acceptors (Lipinski definition) is 6. The fraction of sp³-hybridized carbons (Fsp3) is 0.130. The molecule has 0 aliphatic rings. The van der Waals surface area contributed by atoms with E-state index in [1.807, 2.05) is 42.7 Å². The number of furan rings is 1. The zero-order valence-electron chi connectivity index (χ0n) is 16.5. The van der Waals surface area contributed by atoms with Gasteiger partial charge in [0.1, 0.15) is 11.3 Å². The summed E-state index contributed by atoms with van der Waals surface area (Å²) in [4.78, 5) is 18.7. The van der Waals surface area contributed by atoms with Crippen LogP contribution in [-0.2, 0) is 6.54 Å². The summed E-state index contributed by atoms with van der Waals surface area (Å²) in [5, 5.41) is 3.60. The summed E-state index contributed by atoms with van der Waals surface area (Å²) in [6, 6.07) is 18.6. The normalized spacial score (nSPS) is 11.6. The lowest BCUT2D eigenvalue weighted by Crippen LogP contribution is -2.28. The molecule has 0 spiro atoms. The molecule has 0 fully saturated rings. The molecule has 2 aromatic heterocycles. The highest BCUT2D eigenvalue weighted by atomic mass is 32.2. The van der Waals surface area contributed by atoms with Crippen molar-refractivity contribution in [3.8, 4) is 5.75 Å². The minimum atomic E-state index is -0.306. The Bertz CT molecular complexity index is 1250. The molecule has 0 aliphatic heterocycles. The van der Waals surface area contributed by atoms with Gasteiger partial charge in [-0.25, -0.2) is 4.99 Å². The minimum absolute atomic E-state index is 0.210. The highest BCUT2D eigenvalue weighted by molar-refractivity contribution is 7.98. The number of benzene rings is 2. The summed E-state index contributed by atoms with van der Waals surface area (Å²) in [7, 11) is 1.58. The first-order chi connectivity index (χ1) is 14.7. The van der Waals surface area contributed by atoms with Crippen molar-refractivity contribution in [2.24, 2.45) is 4.99 Å². The van der Waals surface area contributed by atoms with Crippen molar-refractivity contribution < 1.29 is 18.4 Å². The maximum absolute atomic E-state index is 13.0. The fourth-order valence-electron chi connectivity index (χ4n) is 3.00. The fourth-order valence-corrected chi connectivity index (χ4v) is 3.46. The van der Waals surface area contributed by atoms with Crippen LogP contribution in [0.5, 0.6) is 5.75 Å². The SMILES string of the molecule is COc1cccc2cc(C(=O)NCc3ccco3)c(=Nc3cccc(SC)c3)oc12. The maximum atomic E-state index is 13.0. The second-order valence-electron chi connectivity index (χ2n) is 6.42. The number of thioether (sulfide) groups is 1. The van der Waals surface area contributed by atoms with Crippen LogP contribution in [0.4, 0.5) is 5.69 Å². The Balaban J connectivity index is 1.83. The van der Waals surface area contributed by atoms with Crippen LogP contribution in [-0.4, -0.2) is 19.3 Å².